The molecular formula is C21H16ClF2NO3. The molecule has 0 unspecified atom stereocenters. The minimum Gasteiger partial charge on any atom is -0.464 e. The van der Waals surface area contributed by atoms with E-state index >= 15 is 0 Å². The lowest BCUT2D eigenvalue weighted by Gasteiger charge is -2.13. The molecule has 2 aromatic carbocycles. The fraction of sp³-hybridized carbons (Fsp3) is 0.143. The van der Waals surface area contributed by atoms with Crippen LogP contribution in [0.25, 0.3) is 11.1 Å². The van der Waals surface area contributed by atoms with Crippen LogP contribution < -0.4 is 4.74 Å². The first kappa shape index (κ1) is 19.8. The molecule has 3 rings (SSSR count). The Morgan fingerprint density at radius 1 is 1.11 bits per heavy atom. The van der Waals surface area contributed by atoms with E-state index in [-0.39, 0.29) is 11.4 Å². The first-order chi connectivity index (χ1) is 13.5. The van der Waals surface area contributed by atoms with Gasteiger partial charge in [0, 0.05) is 16.8 Å². The Morgan fingerprint density at radius 2 is 1.89 bits per heavy atom. The van der Waals surface area contributed by atoms with E-state index in [2.05, 4.69) is 14.5 Å². The highest BCUT2D eigenvalue weighted by atomic mass is 35.5. The van der Waals surface area contributed by atoms with Crippen LogP contribution in [0.15, 0.2) is 60.8 Å². The number of alkyl halides is 2. The number of hydrogen-bond donors (Lipinski definition) is 0. The number of halogens is 3. The lowest BCUT2D eigenvalue weighted by molar-refractivity contribution is -0.0494. The van der Waals surface area contributed by atoms with E-state index in [0.29, 0.717) is 22.6 Å². The summed E-state index contributed by atoms with van der Waals surface area (Å²) in [6.45, 7) is -2.93. The van der Waals surface area contributed by atoms with Gasteiger partial charge in [-0.25, -0.2) is 9.78 Å². The topological polar surface area (TPSA) is 48.4 Å². The number of ether oxygens (including phenoxy) is 2. The number of benzene rings is 2. The molecule has 0 bridgehead atoms. The van der Waals surface area contributed by atoms with Crippen molar-refractivity contribution in [3.8, 4) is 16.9 Å². The molecule has 0 aliphatic heterocycles. The smallest absolute Gasteiger partial charge is 0.387 e. The zero-order chi connectivity index (χ0) is 20.1. The van der Waals surface area contributed by atoms with Crippen molar-refractivity contribution >= 4 is 17.6 Å². The van der Waals surface area contributed by atoms with Gasteiger partial charge in [0.05, 0.1) is 7.11 Å². The molecule has 0 aliphatic rings. The predicted octanol–water partition coefficient (Wildman–Crippen LogP) is 5.38. The first-order valence-corrected chi connectivity index (χ1v) is 8.71. The molecule has 4 nitrogen and oxygen atoms in total. The van der Waals surface area contributed by atoms with E-state index in [0.717, 1.165) is 11.1 Å². The van der Waals surface area contributed by atoms with Crippen LogP contribution in [-0.4, -0.2) is 24.7 Å². The van der Waals surface area contributed by atoms with Crippen LogP contribution >= 0.6 is 11.6 Å². The summed E-state index contributed by atoms with van der Waals surface area (Å²) in [5, 5.41) is 0.494. The average molecular weight is 404 g/mol. The molecule has 0 aliphatic carbocycles. The number of aromatic nitrogens is 1. The Bertz CT molecular complexity index is 978. The molecule has 1 heterocycles. The quantitative estimate of drug-likeness (QED) is 0.518. The Hall–Kier alpha value is -2.99. The molecule has 0 atom stereocenters. The van der Waals surface area contributed by atoms with Gasteiger partial charge in [-0.2, -0.15) is 8.78 Å². The number of pyridine rings is 1. The molecule has 28 heavy (non-hydrogen) atoms. The first-order valence-electron chi connectivity index (χ1n) is 8.33. The molecule has 144 valence electrons. The summed E-state index contributed by atoms with van der Waals surface area (Å²) < 4.78 is 34.8. The van der Waals surface area contributed by atoms with E-state index < -0.39 is 12.6 Å². The monoisotopic (exact) mass is 403 g/mol. The molecule has 0 saturated heterocycles. The summed E-state index contributed by atoms with van der Waals surface area (Å²) in [7, 11) is 1.29. The third-order valence-electron chi connectivity index (χ3n) is 4.02. The Labute approximate surface area is 165 Å². The van der Waals surface area contributed by atoms with Crippen molar-refractivity contribution in [1.29, 1.82) is 0 Å². The van der Waals surface area contributed by atoms with Gasteiger partial charge in [0.1, 0.15) is 11.4 Å². The highest BCUT2D eigenvalue weighted by Crippen LogP contribution is 2.34. The molecule has 3 aromatic rings. The normalized spacial score (nSPS) is 10.8. The van der Waals surface area contributed by atoms with Crippen LogP contribution in [0.2, 0.25) is 5.02 Å². The van der Waals surface area contributed by atoms with Crippen molar-refractivity contribution in [3.05, 3.63) is 82.6 Å². The largest absolute Gasteiger partial charge is 0.464 e. The van der Waals surface area contributed by atoms with Gasteiger partial charge in [-0.1, -0.05) is 35.9 Å². The summed E-state index contributed by atoms with van der Waals surface area (Å²) in [6.07, 6.45) is 2.08. The molecule has 7 heteroatoms. The molecule has 0 spiro atoms. The Kier molecular flexibility index (Phi) is 6.21. The summed E-state index contributed by atoms with van der Waals surface area (Å²) in [6, 6.07) is 15.2. The number of hydrogen-bond acceptors (Lipinski definition) is 4. The lowest BCUT2D eigenvalue weighted by atomic mass is 9.98. The molecule has 0 N–H and O–H groups in total. The fourth-order valence-corrected chi connectivity index (χ4v) is 2.95. The van der Waals surface area contributed by atoms with E-state index in [4.69, 9.17) is 11.6 Å². The van der Waals surface area contributed by atoms with Gasteiger partial charge >= 0.3 is 12.6 Å². The van der Waals surface area contributed by atoms with Gasteiger partial charge < -0.3 is 9.47 Å². The minimum atomic E-state index is -2.93. The van der Waals surface area contributed by atoms with Gasteiger partial charge in [0.15, 0.2) is 0 Å². The third kappa shape index (κ3) is 4.84. The molecule has 1 aromatic heterocycles. The van der Waals surface area contributed by atoms with Gasteiger partial charge in [0.25, 0.3) is 0 Å². The third-order valence-corrected chi connectivity index (χ3v) is 4.26. The zero-order valence-corrected chi connectivity index (χ0v) is 15.6. The summed E-state index contributed by atoms with van der Waals surface area (Å²) in [4.78, 5) is 15.5. The van der Waals surface area contributed by atoms with Crippen LogP contribution in [0.4, 0.5) is 8.78 Å². The van der Waals surface area contributed by atoms with Crippen molar-refractivity contribution in [2.45, 2.75) is 13.0 Å². The van der Waals surface area contributed by atoms with E-state index in [1.807, 2.05) is 0 Å². The van der Waals surface area contributed by atoms with E-state index in [1.165, 1.54) is 13.2 Å². The summed E-state index contributed by atoms with van der Waals surface area (Å²) in [5.41, 5.74) is 3.12. The summed E-state index contributed by atoms with van der Waals surface area (Å²) >= 11 is 6.04. The number of carbonyl (C=O) groups is 1. The van der Waals surface area contributed by atoms with Crippen molar-refractivity contribution in [2.75, 3.05) is 7.11 Å². The lowest BCUT2D eigenvalue weighted by Crippen LogP contribution is -2.05. The zero-order valence-electron chi connectivity index (χ0n) is 14.9. The molecule has 0 fully saturated rings. The minimum absolute atomic E-state index is 0.0696. The van der Waals surface area contributed by atoms with Crippen LogP contribution in [0.3, 0.4) is 0 Å². The van der Waals surface area contributed by atoms with Crippen LogP contribution in [0.5, 0.6) is 5.75 Å². The maximum Gasteiger partial charge on any atom is 0.387 e. The number of nitrogens with zero attached hydrogens (tertiary/aromatic N) is 1. The van der Waals surface area contributed by atoms with Crippen LogP contribution in [0.1, 0.15) is 21.6 Å². The van der Waals surface area contributed by atoms with E-state index in [9.17, 15) is 13.6 Å². The number of esters is 1. The van der Waals surface area contributed by atoms with Crippen molar-refractivity contribution in [1.82, 2.24) is 4.98 Å². The second-order valence-electron chi connectivity index (χ2n) is 5.94. The molecule has 0 amide bonds. The average Bonchev–Trinajstić information content (AvgIpc) is 2.68. The standard InChI is InChI=1S/C21H16ClF2NO3/c1-27-20(26)18-7-5-14(12-25-18)9-13-6-8-19(28-21(23)24)17(10-13)15-3-2-4-16(22)11-15/h2-8,10-12,21H,9H2,1H3. The van der Waals surface area contributed by atoms with Crippen molar-refractivity contribution in [3.63, 3.8) is 0 Å². The highest BCUT2D eigenvalue weighted by molar-refractivity contribution is 6.30. The van der Waals surface area contributed by atoms with Gasteiger partial charge in [-0.05, 0) is 53.4 Å². The van der Waals surface area contributed by atoms with Gasteiger partial charge in [-0.15, -0.1) is 0 Å². The van der Waals surface area contributed by atoms with Crippen molar-refractivity contribution < 1.29 is 23.0 Å². The second kappa shape index (κ2) is 8.80. The Balaban J connectivity index is 1.92. The van der Waals surface area contributed by atoms with Gasteiger partial charge in [-0.3, -0.25) is 0 Å². The predicted molar refractivity (Wildman–Crippen MR) is 102 cm³/mol. The molecular weight excluding hydrogens is 388 g/mol. The van der Waals surface area contributed by atoms with E-state index in [1.54, 1.807) is 54.7 Å². The molecule has 0 saturated carbocycles. The number of methoxy groups -OCH3 is 1. The maximum atomic E-state index is 12.8. The van der Waals surface area contributed by atoms with Crippen LogP contribution in [-0.2, 0) is 11.2 Å². The Morgan fingerprint density at radius 3 is 2.54 bits per heavy atom. The molecule has 0 radical (unpaired) electrons. The number of rotatable bonds is 6. The van der Waals surface area contributed by atoms with Gasteiger partial charge in [0.2, 0.25) is 0 Å². The number of carbonyl (C=O) groups excluding carboxylic acids is 1. The highest BCUT2D eigenvalue weighted by Gasteiger charge is 2.13. The SMILES string of the molecule is COC(=O)c1ccc(Cc2ccc(OC(F)F)c(-c3cccc(Cl)c3)c2)cn1. The fourth-order valence-electron chi connectivity index (χ4n) is 2.76. The second-order valence-corrected chi connectivity index (χ2v) is 6.38. The van der Waals surface area contributed by atoms with Crippen LogP contribution in [0, 0.1) is 0 Å². The van der Waals surface area contributed by atoms with Crippen molar-refractivity contribution in [2.24, 2.45) is 0 Å². The maximum absolute atomic E-state index is 12.8. The summed E-state index contributed by atoms with van der Waals surface area (Å²) in [5.74, 6) is -0.441.